The molecule has 1 unspecified atom stereocenters. The number of hydrogen-bond acceptors (Lipinski definition) is 6. The lowest BCUT2D eigenvalue weighted by molar-refractivity contribution is 0.0693. The number of carbonyl (C=O) groups is 1. The maximum Gasteiger partial charge on any atom is 0.341 e. The molecule has 3 rings (SSSR count). The number of rotatable bonds is 7. The van der Waals surface area contributed by atoms with E-state index in [-0.39, 0.29) is 11.3 Å². The Balaban J connectivity index is 1.71. The number of piperidine rings is 1. The van der Waals surface area contributed by atoms with Crippen LogP contribution in [0.4, 0.5) is 0 Å². The van der Waals surface area contributed by atoms with Gasteiger partial charge in [0.05, 0.1) is 19.2 Å². The minimum Gasteiger partial charge on any atom is -0.506 e. The second kappa shape index (κ2) is 8.23. The SMILES string of the molecule is COc1cc2c(O)c(C(=O)O)cnc2cc1OCCCC1CCCNC1. The van der Waals surface area contributed by atoms with Crippen LogP contribution in [0.15, 0.2) is 18.3 Å². The number of hydrogen-bond donors (Lipinski definition) is 3. The topological polar surface area (TPSA) is 101 Å². The van der Waals surface area contributed by atoms with E-state index in [0.29, 0.717) is 34.9 Å². The fourth-order valence-corrected chi connectivity index (χ4v) is 3.34. The predicted molar refractivity (Wildman–Crippen MR) is 97.2 cm³/mol. The fraction of sp³-hybridized carbons (Fsp3) is 0.474. The van der Waals surface area contributed by atoms with E-state index in [2.05, 4.69) is 10.3 Å². The molecule has 2 aromatic rings. The molecule has 0 aliphatic carbocycles. The van der Waals surface area contributed by atoms with E-state index in [1.54, 1.807) is 12.1 Å². The smallest absolute Gasteiger partial charge is 0.341 e. The van der Waals surface area contributed by atoms with E-state index in [0.717, 1.165) is 32.1 Å². The van der Waals surface area contributed by atoms with Crippen LogP contribution in [-0.4, -0.2) is 48.0 Å². The first-order valence-corrected chi connectivity index (χ1v) is 8.86. The third kappa shape index (κ3) is 3.99. The molecule has 7 nitrogen and oxygen atoms in total. The number of benzene rings is 1. The molecule has 1 saturated heterocycles. The first kappa shape index (κ1) is 18.3. The second-order valence-electron chi connectivity index (χ2n) is 6.55. The van der Waals surface area contributed by atoms with E-state index in [1.807, 2.05) is 0 Å². The molecule has 0 radical (unpaired) electrons. The van der Waals surface area contributed by atoms with Gasteiger partial charge in [0.15, 0.2) is 11.5 Å². The van der Waals surface area contributed by atoms with Crippen LogP contribution in [0.5, 0.6) is 17.2 Å². The van der Waals surface area contributed by atoms with Gasteiger partial charge in [-0.2, -0.15) is 0 Å². The van der Waals surface area contributed by atoms with Crippen molar-refractivity contribution >= 4 is 16.9 Å². The van der Waals surface area contributed by atoms with Crippen molar-refractivity contribution in [3.63, 3.8) is 0 Å². The molecule has 0 bridgehead atoms. The molecule has 0 spiro atoms. The average molecular weight is 360 g/mol. The molecule has 1 aliphatic rings. The van der Waals surface area contributed by atoms with Crippen molar-refractivity contribution in [2.45, 2.75) is 25.7 Å². The van der Waals surface area contributed by atoms with Crippen molar-refractivity contribution in [2.75, 3.05) is 26.8 Å². The van der Waals surface area contributed by atoms with Crippen LogP contribution in [0.3, 0.4) is 0 Å². The normalized spacial score (nSPS) is 17.2. The Hall–Kier alpha value is -2.54. The van der Waals surface area contributed by atoms with Gasteiger partial charge in [-0.05, 0) is 50.8 Å². The molecular formula is C19H24N2O5. The van der Waals surface area contributed by atoms with Gasteiger partial charge in [-0.25, -0.2) is 4.79 Å². The van der Waals surface area contributed by atoms with Gasteiger partial charge in [0.25, 0.3) is 0 Å². The molecule has 2 heterocycles. The number of nitrogens with zero attached hydrogens (tertiary/aromatic N) is 1. The molecule has 26 heavy (non-hydrogen) atoms. The van der Waals surface area contributed by atoms with Crippen LogP contribution in [0.2, 0.25) is 0 Å². The molecule has 1 aromatic carbocycles. The van der Waals surface area contributed by atoms with Crippen LogP contribution in [-0.2, 0) is 0 Å². The molecule has 1 aromatic heterocycles. The summed E-state index contributed by atoms with van der Waals surface area (Å²) in [5.41, 5.74) is 0.217. The number of pyridine rings is 1. The zero-order valence-corrected chi connectivity index (χ0v) is 14.8. The molecule has 7 heteroatoms. The van der Waals surface area contributed by atoms with E-state index >= 15 is 0 Å². The van der Waals surface area contributed by atoms with E-state index in [1.165, 1.54) is 20.0 Å². The maximum atomic E-state index is 11.1. The van der Waals surface area contributed by atoms with Crippen molar-refractivity contribution in [1.29, 1.82) is 0 Å². The van der Waals surface area contributed by atoms with Crippen LogP contribution in [0, 0.1) is 5.92 Å². The summed E-state index contributed by atoms with van der Waals surface area (Å²) in [6, 6.07) is 3.23. The fourth-order valence-electron chi connectivity index (χ4n) is 3.34. The van der Waals surface area contributed by atoms with Crippen molar-refractivity contribution in [3.8, 4) is 17.2 Å². The van der Waals surface area contributed by atoms with Crippen LogP contribution < -0.4 is 14.8 Å². The van der Waals surface area contributed by atoms with Gasteiger partial charge in [0.2, 0.25) is 0 Å². The summed E-state index contributed by atoms with van der Waals surface area (Å²) < 4.78 is 11.2. The highest BCUT2D eigenvalue weighted by atomic mass is 16.5. The molecule has 140 valence electrons. The quantitative estimate of drug-likeness (QED) is 0.653. The molecule has 3 N–H and O–H groups in total. The standard InChI is InChI=1S/C19H24N2O5/c1-25-16-8-13-15(21-11-14(18(13)22)19(23)24)9-17(16)26-7-3-5-12-4-2-6-20-10-12/h8-9,11-12,20H,2-7,10H2,1H3,(H,21,22)(H,23,24). The number of aromatic hydroxyl groups is 1. The highest BCUT2D eigenvalue weighted by Crippen LogP contribution is 2.36. The van der Waals surface area contributed by atoms with Crippen molar-refractivity contribution < 1.29 is 24.5 Å². The lowest BCUT2D eigenvalue weighted by Gasteiger charge is -2.22. The van der Waals surface area contributed by atoms with Gasteiger partial charge in [0.1, 0.15) is 11.3 Å². The Morgan fingerprint density at radius 3 is 2.92 bits per heavy atom. The molecule has 1 fully saturated rings. The Morgan fingerprint density at radius 2 is 2.23 bits per heavy atom. The minimum absolute atomic E-state index is 0.241. The minimum atomic E-state index is -1.23. The average Bonchev–Trinajstić information content (AvgIpc) is 2.65. The van der Waals surface area contributed by atoms with Crippen LogP contribution in [0.25, 0.3) is 10.9 Å². The largest absolute Gasteiger partial charge is 0.506 e. The Kier molecular flexibility index (Phi) is 5.78. The highest BCUT2D eigenvalue weighted by molar-refractivity contribution is 5.99. The van der Waals surface area contributed by atoms with E-state index in [4.69, 9.17) is 14.6 Å². The number of carboxylic acid groups (broad SMARTS) is 1. The van der Waals surface area contributed by atoms with Crippen molar-refractivity contribution in [1.82, 2.24) is 10.3 Å². The van der Waals surface area contributed by atoms with Gasteiger partial charge in [0, 0.05) is 17.6 Å². The summed E-state index contributed by atoms with van der Waals surface area (Å²) in [7, 11) is 1.51. The van der Waals surface area contributed by atoms with E-state index in [9.17, 15) is 9.90 Å². The summed E-state index contributed by atoms with van der Waals surface area (Å²) in [5, 5.41) is 23.0. The monoisotopic (exact) mass is 360 g/mol. The lowest BCUT2D eigenvalue weighted by Crippen LogP contribution is -2.29. The summed E-state index contributed by atoms with van der Waals surface area (Å²) in [4.78, 5) is 15.2. The Morgan fingerprint density at radius 1 is 1.38 bits per heavy atom. The number of carboxylic acids is 1. The van der Waals surface area contributed by atoms with Crippen molar-refractivity contribution in [3.05, 3.63) is 23.9 Å². The summed E-state index contributed by atoms with van der Waals surface area (Å²) in [5.74, 6) is 0.137. The van der Waals surface area contributed by atoms with Gasteiger partial charge >= 0.3 is 5.97 Å². The summed E-state index contributed by atoms with van der Waals surface area (Å²) in [6.07, 6.45) is 5.71. The Bertz CT molecular complexity index is 787. The summed E-state index contributed by atoms with van der Waals surface area (Å²) >= 11 is 0. The Labute approximate surface area is 152 Å². The molecule has 1 aliphatic heterocycles. The summed E-state index contributed by atoms with van der Waals surface area (Å²) in [6.45, 7) is 2.76. The number of ether oxygens (including phenoxy) is 2. The number of fused-ring (bicyclic) bond motifs is 1. The number of methoxy groups -OCH3 is 1. The first-order chi connectivity index (χ1) is 12.6. The van der Waals surface area contributed by atoms with Gasteiger partial charge in [-0.3, -0.25) is 4.98 Å². The van der Waals surface area contributed by atoms with Crippen LogP contribution in [0.1, 0.15) is 36.0 Å². The first-order valence-electron chi connectivity index (χ1n) is 8.86. The van der Waals surface area contributed by atoms with Crippen LogP contribution >= 0.6 is 0 Å². The number of nitrogens with one attached hydrogen (secondary N) is 1. The molecule has 0 saturated carbocycles. The maximum absolute atomic E-state index is 11.1. The van der Waals surface area contributed by atoms with Crippen molar-refractivity contribution in [2.24, 2.45) is 5.92 Å². The lowest BCUT2D eigenvalue weighted by atomic mass is 9.95. The van der Waals surface area contributed by atoms with Gasteiger partial charge < -0.3 is 25.0 Å². The third-order valence-electron chi connectivity index (χ3n) is 4.77. The predicted octanol–water partition coefficient (Wildman–Crippen LogP) is 2.81. The number of aromatic nitrogens is 1. The molecule has 0 amide bonds. The van der Waals surface area contributed by atoms with Gasteiger partial charge in [-0.15, -0.1) is 0 Å². The van der Waals surface area contributed by atoms with Gasteiger partial charge in [-0.1, -0.05) is 0 Å². The molecular weight excluding hydrogens is 336 g/mol. The second-order valence-corrected chi connectivity index (χ2v) is 6.55. The highest BCUT2D eigenvalue weighted by Gasteiger charge is 2.17. The zero-order chi connectivity index (χ0) is 18.5. The number of aromatic carboxylic acids is 1. The zero-order valence-electron chi connectivity index (χ0n) is 14.8. The van der Waals surface area contributed by atoms with E-state index < -0.39 is 5.97 Å². The third-order valence-corrected chi connectivity index (χ3v) is 4.77. The molecule has 1 atom stereocenters.